The standard InChI is InChI=1S/C21H23Cl2N3O3/c22-15-1-3-17(18(23)13-15)21(5-9-28-10-6-21)20(27)25-16-2-4-19(24-14-16)26-7-11-29-12-8-26/h1-4,13-14H,5-12H2,(H,25,27). The molecule has 2 aliphatic rings. The molecule has 2 fully saturated rings. The molecule has 2 saturated heterocycles. The molecule has 0 spiro atoms. The SMILES string of the molecule is O=C(Nc1ccc(N2CCOCC2)nc1)C1(c2ccc(Cl)cc2Cl)CCOCC1. The van der Waals surface area contributed by atoms with Gasteiger partial charge in [-0.15, -0.1) is 0 Å². The fourth-order valence-corrected chi connectivity index (χ4v) is 4.50. The molecule has 0 radical (unpaired) electrons. The number of carbonyl (C=O) groups is 1. The van der Waals surface area contributed by atoms with Gasteiger partial charge in [-0.2, -0.15) is 0 Å². The van der Waals surface area contributed by atoms with Crippen molar-refractivity contribution in [2.45, 2.75) is 18.3 Å². The average molecular weight is 436 g/mol. The van der Waals surface area contributed by atoms with E-state index in [1.54, 1.807) is 18.3 Å². The molecule has 0 bridgehead atoms. The molecule has 2 aromatic rings. The molecule has 2 aliphatic heterocycles. The molecule has 6 nitrogen and oxygen atoms in total. The van der Waals surface area contributed by atoms with Crippen LogP contribution in [0.4, 0.5) is 11.5 Å². The third kappa shape index (κ3) is 4.36. The normalized spacial score (nSPS) is 19.0. The van der Waals surface area contributed by atoms with E-state index in [4.69, 9.17) is 32.7 Å². The number of carbonyl (C=O) groups excluding carboxylic acids is 1. The van der Waals surface area contributed by atoms with Crippen molar-refractivity contribution in [3.63, 3.8) is 0 Å². The topological polar surface area (TPSA) is 63.7 Å². The number of benzene rings is 1. The van der Waals surface area contributed by atoms with E-state index in [9.17, 15) is 4.79 Å². The van der Waals surface area contributed by atoms with Crippen LogP contribution in [0.2, 0.25) is 10.0 Å². The lowest BCUT2D eigenvalue weighted by Gasteiger charge is -2.36. The highest BCUT2D eigenvalue weighted by atomic mass is 35.5. The van der Waals surface area contributed by atoms with Gasteiger partial charge >= 0.3 is 0 Å². The van der Waals surface area contributed by atoms with Gasteiger partial charge < -0.3 is 19.7 Å². The molecule has 1 amide bonds. The van der Waals surface area contributed by atoms with E-state index in [0.717, 1.165) is 24.5 Å². The third-order valence-corrected chi connectivity index (χ3v) is 6.12. The van der Waals surface area contributed by atoms with E-state index >= 15 is 0 Å². The minimum Gasteiger partial charge on any atom is -0.381 e. The summed E-state index contributed by atoms with van der Waals surface area (Å²) in [6, 6.07) is 9.10. The van der Waals surface area contributed by atoms with Crippen molar-refractivity contribution in [2.75, 3.05) is 49.7 Å². The maximum Gasteiger partial charge on any atom is 0.235 e. The van der Waals surface area contributed by atoms with E-state index in [1.807, 2.05) is 18.2 Å². The lowest BCUT2D eigenvalue weighted by Crippen LogP contribution is -2.45. The molecule has 8 heteroatoms. The van der Waals surface area contributed by atoms with Crippen molar-refractivity contribution >= 4 is 40.6 Å². The predicted molar refractivity (Wildman–Crippen MR) is 114 cm³/mol. The van der Waals surface area contributed by atoms with Crippen molar-refractivity contribution in [2.24, 2.45) is 0 Å². The molecule has 0 saturated carbocycles. The number of morpholine rings is 1. The van der Waals surface area contributed by atoms with Crippen LogP contribution >= 0.6 is 23.2 Å². The maximum atomic E-state index is 13.4. The summed E-state index contributed by atoms with van der Waals surface area (Å²) in [6.07, 6.45) is 2.80. The van der Waals surface area contributed by atoms with Crippen LogP contribution in [-0.4, -0.2) is 50.4 Å². The number of anilines is 2. The highest BCUT2D eigenvalue weighted by Gasteiger charge is 2.43. The van der Waals surface area contributed by atoms with Gasteiger partial charge in [-0.1, -0.05) is 29.3 Å². The van der Waals surface area contributed by atoms with Gasteiger partial charge in [-0.3, -0.25) is 4.79 Å². The molecule has 3 heterocycles. The Morgan fingerprint density at radius 3 is 2.41 bits per heavy atom. The lowest BCUT2D eigenvalue weighted by atomic mass is 9.73. The number of rotatable bonds is 4. The highest BCUT2D eigenvalue weighted by molar-refractivity contribution is 6.35. The van der Waals surface area contributed by atoms with Crippen LogP contribution < -0.4 is 10.2 Å². The van der Waals surface area contributed by atoms with Crippen LogP contribution in [0.1, 0.15) is 18.4 Å². The number of nitrogens with one attached hydrogen (secondary N) is 1. The van der Waals surface area contributed by atoms with E-state index in [0.29, 0.717) is 55.0 Å². The summed E-state index contributed by atoms with van der Waals surface area (Å²) in [7, 11) is 0. The van der Waals surface area contributed by atoms with E-state index in [1.165, 1.54) is 0 Å². The smallest absolute Gasteiger partial charge is 0.235 e. The molecule has 4 rings (SSSR count). The first-order chi connectivity index (χ1) is 14.1. The maximum absolute atomic E-state index is 13.4. The summed E-state index contributed by atoms with van der Waals surface area (Å²) in [5.74, 6) is 0.777. The Labute approximate surface area is 180 Å². The molecule has 1 aromatic carbocycles. The predicted octanol–water partition coefficient (Wildman–Crippen LogP) is 3.91. The first-order valence-electron chi connectivity index (χ1n) is 9.72. The zero-order valence-corrected chi connectivity index (χ0v) is 17.5. The first-order valence-corrected chi connectivity index (χ1v) is 10.5. The number of aromatic nitrogens is 1. The summed E-state index contributed by atoms with van der Waals surface area (Å²) >= 11 is 12.5. The molecule has 29 heavy (non-hydrogen) atoms. The van der Waals surface area contributed by atoms with Gasteiger partial charge in [0.15, 0.2) is 0 Å². The number of ether oxygens (including phenoxy) is 2. The molecule has 0 atom stereocenters. The third-order valence-electron chi connectivity index (χ3n) is 5.57. The lowest BCUT2D eigenvalue weighted by molar-refractivity contribution is -0.125. The van der Waals surface area contributed by atoms with Crippen molar-refractivity contribution < 1.29 is 14.3 Å². The summed E-state index contributed by atoms with van der Waals surface area (Å²) in [5, 5.41) is 4.07. The second-order valence-electron chi connectivity index (χ2n) is 7.28. The van der Waals surface area contributed by atoms with Crippen molar-refractivity contribution in [3.05, 3.63) is 52.1 Å². The van der Waals surface area contributed by atoms with Crippen molar-refractivity contribution in [3.8, 4) is 0 Å². The van der Waals surface area contributed by atoms with Crippen LogP contribution in [0.3, 0.4) is 0 Å². The Kier molecular flexibility index (Phi) is 6.25. The summed E-state index contributed by atoms with van der Waals surface area (Å²) in [6.45, 7) is 4.04. The van der Waals surface area contributed by atoms with Crippen LogP contribution in [0.25, 0.3) is 0 Å². The summed E-state index contributed by atoms with van der Waals surface area (Å²) < 4.78 is 10.9. The number of amides is 1. The second-order valence-corrected chi connectivity index (χ2v) is 8.12. The molecule has 0 aliphatic carbocycles. The van der Waals surface area contributed by atoms with Gasteiger partial charge in [-0.05, 0) is 42.7 Å². The van der Waals surface area contributed by atoms with Gasteiger partial charge in [0.25, 0.3) is 0 Å². The van der Waals surface area contributed by atoms with Gasteiger partial charge in [0.1, 0.15) is 5.82 Å². The van der Waals surface area contributed by atoms with Crippen molar-refractivity contribution in [1.82, 2.24) is 4.98 Å². The van der Waals surface area contributed by atoms with Crippen LogP contribution in [0.15, 0.2) is 36.5 Å². The zero-order valence-electron chi connectivity index (χ0n) is 16.0. The monoisotopic (exact) mass is 435 g/mol. The minimum absolute atomic E-state index is 0.106. The second kappa shape index (κ2) is 8.88. The van der Waals surface area contributed by atoms with Gasteiger partial charge in [-0.25, -0.2) is 4.98 Å². The Morgan fingerprint density at radius 1 is 1.03 bits per heavy atom. The van der Waals surface area contributed by atoms with Crippen LogP contribution in [0, 0.1) is 0 Å². The number of hydrogen-bond acceptors (Lipinski definition) is 5. The molecule has 1 N–H and O–H groups in total. The Bertz CT molecular complexity index is 864. The highest BCUT2D eigenvalue weighted by Crippen LogP contribution is 2.40. The molecule has 0 unspecified atom stereocenters. The van der Waals surface area contributed by atoms with E-state index in [-0.39, 0.29) is 5.91 Å². The van der Waals surface area contributed by atoms with Gasteiger partial charge in [0.05, 0.1) is 30.5 Å². The van der Waals surface area contributed by atoms with Crippen LogP contribution in [-0.2, 0) is 19.7 Å². The number of halogens is 2. The van der Waals surface area contributed by atoms with Gasteiger partial charge in [0, 0.05) is 36.3 Å². The summed E-state index contributed by atoms with van der Waals surface area (Å²) in [4.78, 5) is 20.1. The average Bonchev–Trinajstić information content (AvgIpc) is 2.75. The Balaban J connectivity index is 1.55. The Hall–Kier alpha value is -1.86. The molecular weight excluding hydrogens is 413 g/mol. The quantitative estimate of drug-likeness (QED) is 0.788. The number of nitrogens with zero attached hydrogens (tertiary/aromatic N) is 2. The molecule has 154 valence electrons. The molecular formula is C21H23Cl2N3O3. The van der Waals surface area contributed by atoms with E-state index in [2.05, 4.69) is 15.2 Å². The van der Waals surface area contributed by atoms with Gasteiger partial charge in [0.2, 0.25) is 5.91 Å². The number of pyridine rings is 1. The zero-order chi connectivity index (χ0) is 20.3. The molecule has 1 aromatic heterocycles. The summed E-state index contributed by atoms with van der Waals surface area (Å²) in [5.41, 5.74) is 0.674. The number of hydrogen-bond donors (Lipinski definition) is 1. The minimum atomic E-state index is -0.761. The fraction of sp³-hybridized carbons (Fsp3) is 0.429. The Morgan fingerprint density at radius 2 is 1.76 bits per heavy atom. The largest absolute Gasteiger partial charge is 0.381 e. The van der Waals surface area contributed by atoms with E-state index < -0.39 is 5.41 Å². The first kappa shape index (κ1) is 20.4. The van der Waals surface area contributed by atoms with Crippen molar-refractivity contribution in [1.29, 1.82) is 0 Å². The van der Waals surface area contributed by atoms with Crippen LogP contribution in [0.5, 0.6) is 0 Å². The fourth-order valence-electron chi connectivity index (χ4n) is 3.91.